The number of hydrogen-bond acceptors (Lipinski definition) is 8. The van der Waals surface area contributed by atoms with Crippen LogP contribution in [0.1, 0.15) is 0 Å². The van der Waals surface area contributed by atoms with Gasteiger partial charge in [0.2, 0.25) is 5.91 Å². The fourth-order valence-electron chi connectivity index (χ4n) is 2.88. The van der Waals surface area contributed by atoms with Gasteiger partial charge in [-0.2, -0.15) is 5.10 Å². The van der Waals surface area contributed by atoms with Gasteiger partial charge in [-0.15, -0.1) is 0 Å². The van der Waals surface area contributed by atoms with Gasteiger partial charge in [0.25, 0.3) is 11.2 Å². The molecule has 2 N–H and O–H groups in total. The fourth-order valence-corrected chi connectivity index (χ4v) is 3.53. The van der Waals surface area contributed by atoms with Gasteiger partial charge in [-0.25, -0.2) is 9.67 Å². The van der Waals surface area contributed by atoms with E-state index < -0.39 is 4.92 Å². The third-order valence-electron chi connectivity index (χ3n) is 4.44. The number of nitro benzene ring substituents is 1. The molecule has 11 nitrogen and oxygen atoms in total. The van der Waals surface area contributed by atoms with Gasteiger partial charge in [-0.05, 0) is 36.4 Å². The number of ether oxygens (including phenoxy) is 1. The van der Waals surface area contributed by atoms with Crippen LogP contribution in [-0.2, 0) is 4.79 Å². The van der Waals surface area contributed by atoms with Crippen LogP contribution in [0, 0.1) is 10.1 Å². The van der Waals surface area contributed by atoms with E-state index in [-0.39, 0.29) is 28.1 Å². The van der Waals surface area contributed by atoms with Crippen molar-refractivity contribution in [3.8, 4) is 11.4 Å². The highest BCUT2D eigenvalue weighted by atomic mass is 32.2. The zero-order valence-electron chi connectivity index (χ0n) is 16.6. The van der Waals surface area contributed by atoms with Crippen molar-refractivity contribution < 1.29 is 14.5 Å². The lowest BCUT2D eigenvalue weighted by Gasteiger charge is -2.06. The van der Waals surface area contributed by atoms with Crippen LogP contribution < -0.4 is 15.6 Å². The van der Waals surface area contributed by atoms with Gasteiger partial charge in [0, 0.05) is 17.8 Å². The molecule has 0 unspecified atom stereocenters. The number of thioether (sulfide) groups is 1. The number of fused-ring (bicyclic) bond motifs is 1. The average Bonchev–Trinajstić information content (AvgIpc) is 3.23. The van der Waals surface area contributed by atoms with Crippen LogP contribution in [0.5, 0.6) is 5.75 Å². The van der Waals surface area contributed by atoms with Crippen LogP contribution in [0.4, 0.5) is 11.4 Å². The van der Waals surface area contributed by atoms with Gasteiger partial charge in [0.1, 0.15) is 11.1 Å². The van der Waals surface area contributed by atoms with Crippen molar-refractivity contribution in [1.82, 2.24) is 19.7 Å². The molecule has 2 aromatic heterocycles. The van der Waals surface area contributed by atoms with Gasteiger partial charge >= 0.3 is 0 Å². The first-order chi connectivity index (χ1) is 15.4. The second kappa shape index (κ2) is 8.89. The number of nitrogens with zero attached hydrogens (tertiary/aromatic N) is 4. The number of aromatic nitrogens is 4. The molecule has 2 aromatic carbocycles. The predicted octanol–water partition coefficient (Wildman–Crippen LogP) is 2.76. The minimum atomic E-state index is -0.518. The van der Waals surface area contributed by atoms with Crippen molar-refractivity contribution >= 4 is 40.1 Å². The van der Waals surface area contributed by atoms with E-state index in [0.29, 0.717) is 28.2 Å². The molecule has 0 aliphatic rings. The molecule has 0 atom stereocenters. The maximum atomic E-state index is 12.4. The summed E-state index contributed by atoms with van der Waals surface area (Å²) in [5, 5.41) is 18.2. The summed E-state index contributed by atoms with van der Waals surface area (Å²) in [6.07, 6.45) is 1.43. The summed E-state index contributed by atoms with van der Waals surface area (Å²) in [7, 11) is 1.57. The molecule has 0 fully saturated rings. The molecule has 162 valence electrons. The van der Waals surface area contributed by atoms with E-state index in [0.717, 1.165) is 11.8 Å². The number of methoxy groups -OCH3 is 1. The van der Waals surface area contributed by atoms with Crippen LogP contribution in [0.15, 0.2) is 64.7 Å². The van der Waals surface area contributed by atoms with Crippen molar-refractivity contribution in [1.29, 1.82) is 0 Å². The summed E-state index contributed by atoms with van der Waals surface area (Å²) >= 11 is 1.05. The van der Waals surface area contributed by atoms with E-state index >= 15 is 0 Å². The van der Waals surface area contributed by atoms with Crippen molar-refractivity contribution in [3.05, 3.63) is 75.2 Å². The third-order valence-corrected chi connectivity index (χ3v) is 5.31. The lowest BCUT2D eigenvalue weighted by atomic mass is 10.3. The molecule has 0 radical (unpaired) electrons. The largest absolute Gasteiger partial charge is 0.497 e. The summed E-state index contributed by atoms with van der Waals surface area (Å²) in [4.78, 5) is 41.9. The summed E-state index contributed by atoms with van der Waals surface area (Å²) in [5.74, 6) is 0.309. The number of carbonyl (C=O) groups is 1. The van der Waals surface area contributed by atoms with Crippen LogP contribution in [0.2, 0.25) is 0 Å². The minimum Gasteiger partial charge on any atom is -0.497 e. The van der Waals surface area contributed by atoms with Crippen molar-refractivity contribution in [2.24, 2.45) is 0 Å². The molecule has 32 heavy (non-hydrogen) atoms. The normalized spacial score (nSPS) is 10.8. The maximum Gasteiger partial charge on any atom is 0.269 e. The number of hydrogen-bond donors (Lipinski definition) is 2. The number of nitro groups is 1. The molecule has 0 bridgehead atoms. The second-order valence-electron chi connectivity index (χ2n) is 6.50. The summed E-state index contributed by atoms with van der Waals surface area (Å²) in [6.45, 7) is 0. The number of non-ortho nitro benzene ring substituents is 1. The highest BCUT2D eigenvalue weighted by Gasteiger charge is 2.13. The minimum absolute atomic E-state index is 0.0257. The maximum absolute atomic E-state index is 12.4. The summed E-state index contributed by atoms with van der Waals surface area (Å²) in [5.41, 5.74) is 1.05. The number of nitrogens with one attached hydrogen (secondary N) is 2. The number of carbonyl (C=O) groups excluding carboxylic acids is 1. The van der Waals surface area contributed by atoms with Gasteiger partial charge in [0.05, 0.1) is 29.7 Å². The summed E-state index contributed by atoms with van der Waals surface area (Å²) < 4.78 is 6.69. The highest BCUT2D eigenvalue weighted by molar-refractivity contribution is 7.99. The zero-order valence-corrected chi connectivity index (χ0v) is 17.5. The Morgan fingerprint density at radius 2 is 1.94 bits per heavy atom. The van der Waals surface area contributed by atoms with E-state index in [1.165, 1.54) is 35.1 Å². The smallest absolute Gasteiger partial charge is 0.269 e. The van der Waals surface area contributed by atoms with E-state index in [1.807, 2.05) is 0 Å². The SMILES string of the molecule is COc1ccc(-n2ncc3c(=O)[nH]c(SCC(=O)Nc4ccc([N+](=O)[O-])cc4)nc32)cc1. The van der Waals surface area contributed by atoms with Crippen molar-refractivity contribution in [2.45, 2.75) is 5.16 Å². The first-order valence-electron chi connectivity index (χ1n) is 9.24. The first kappa shape index (κ1) is 21.1. The van der Waals surface area contributed by atoms with Crippen LogP contribution in [-0.4, -0.2) is 43.4 Å². The Morgan fingerprint density at radius 3 is 2.59 bits per heavy atom. The topological polar surface area (TPSA) is 145 Å². The predicted molar refractivity (Wildman–Crippen MR) is 118 cm³/mol. The Labute approximate surface area is 184 Å². The first-order valence-corrected chi connectivity index (χ1v) is 10.2. The fraction of sp³-hybridized carbons (Fsp3) is 0.100. The van der Waals surface area contributed by atoms with E-state index in [1.54, 1.807) is 31.4 Å². The highest BCUT2D eigenvalue weighted by Crippen LogP contribution is 2.20. The zero-order chi connectivity index (χ0) is 22.7. The van der Waals surface area contributed by atoms with Crippen LogP contribution in [0.25, 0.3) is 16.7 Å². The molecular weight excluding hydrogens is 436 g/mol. The molecule has 12 heteroatoms. The number of aromatic amines is 1. The Hall–Kier alpha value is -4.19. The lowest BCUT2D eigenvalue weighted by molar-refractivity contribution is -0.384. The molecule has 0 aliphatic heterocycles. The number of benzene rings is 2. The molecule has 0 spiro atoms. The third kappa shape index (κ3) is 4.44. The Morgan fingerprint density at radius 1 is 1.22 bits per heavy atom. The Balaban J connectivity index is 1.50. The lowest BCUT2D eigenvalue weighted by Crippen LogP contribution is -2.15. The molecule has 2 heterocycles. The molecule has 0 aliphatic carbocycles. The quantitative estimate of drug-likeness (QED) is 0.188. The second-order valence-corrected chi connectivity index (χ2v) is 7.47. The van der Waals surface area contributed by atoms with Gasteiger partial charge in [0.15, 0.2) is 10.8 Å². The van der Waals surface area contributed by atoms with Crippen molar-refractivity contribution in [3.63, 3.8) is 0 Å². The van der Waals surface area contributed by atoms with Gasteiger partial charge in [-0.3, -0.25) is 19.7 Å². The van der Waals surface area contributed by atoms with Crippen LogP contribution >= 0.6 is 11.8 Å². The molecule has 1 amide bonds. The van der Waals surface area contributed by atoms with E-state index in [2.05, 4.69) is 20.4 Å². The Kier molecular flexibility index (Phi) is 5.85. The number of anilines is 1. The summed E-state index contributed by atoms with van der Waals surface area (Å²) in [6, 6.07) is 12.6. The number of rotatable bonds is 7. The van der Waals surface area contributed by atoms with Gasteiger partial charge in [-0.1, -0.05) is 11.8 Å². The van der Waals surface area contributed by atoms with E-state index in [9.17, 15) is 19.7 Å². The average molecular weight is 452 g/mol. The molecule has 0 saturated carbocycles. The van der Waals surface area contributed by atoms with E-state index in [4.69, 9.17) is 4.74 Å². The Bertz CT molecular complexity index is 1350. The van der Waals surface area contributed by atoms with Gasteiger partial charge < -0.3 is 15.0 Å². The van der Waals surface area contributed by atoms with Crippen molar-refractivity contribution in [2.75, 3.05) is 18.2 Å². The standard InChI is InChI=1S/C20H16N6O5S/c1-31-15-8-6-13(7-9-15)25-18-16(10-21-25)19(28)24-20(23-18)32-11-17(27)22-12-2-4-14(5-3-12)26(29)30/h2-10H,11H2,1H3,(H,22,27)(H,23,24,28). The molecule has 0 saturated heterocycles. The number of H-pyrrole nitrogens is 1. The monoisotopic (exact) mass is 452 g/mol. The molecule has 4 rings (SSSR count). The molecular formula is C20H16N6O5S. The molecule has 4 aromatic rings. The van der Waals surface area contributed by atoms with Crippen LogP contribution in [0.3, 0.4) is 0 Å². The number of amides is 1.